The second-order valence-electron chi connectivity index (χ2n) is 8.20. The van der Waals surface area contributed by atoms with E-state index in [-0.39, 0.29) is 30.3 Å². The zero-order valence-electron chi connectivity index (χ0n) is 19.5. The van der Waals surface area contributed by atoms with E-state index in [9.17, 15) is 9.59 Å². The number of methoxy groups -OCH3 is 2. The van der Waals surface area contributed by atoms with Crippen molar-refractivity contribution in [3.8, 4) is 5.75 Å². The molecule has 3 rings (SSSR count). The fraction of sp³-hybridized carbons (Fsp3) is 0.400. The molecule has 0 saturated carbocycles. The molecular formula is C25H30ClN3O4. The van der Waals surface area contributed by atoms with Gasteiger partial charge in [0.1, 0.15) is 12.3 Å². The maximum absolute atomic E-state index is 13.4. The molecule has 0 aliphatic carbocycles. The van der Waals surface area contributed by atoms with E-state index in [0.29, 0.717) is 24.6 Å². The van der Waals surface area contributed by atoms with Crippen LogP contribution in [-0.4, -0.2) is 61.4 Å². The summed E-state index contributed by atoms with van der Waals surface area (Å²) in [5.41, 5.74) is 2.59. The predicted octanol–water partition coefficient (Wildman–Crippen LogP) is 4.16. The van der Waals surface area contributed by atoms with E-state index in [1.807, 2.05) is 50.2 Å². The minimum absolute atomic E-state index is 0.0701. The Labute approximate surface area is 199 Å². The van der Waals surface area contributed by atoms with Gasteiger partial charge in [-0.15, -0.1) is 0 Å². The molecule has 0 unspecified atom stereocenters. The molecule has 2 aromatic rings. The number of carbonyl (C=O) groups is 2. The molecule has 0 spiro atoms. The van der Waals surface area contributed by atoms with E-state index < -0.39 is 0 Å². The van der Waals surface area contributed by atoms with E-state index in [1.54, 1.807) is 26.4 Å². The molecular weight excluding hydrogens is 442 g/mol. The molecule has 0 bridgehead atoms. The molecule has 0 N–H and O–H groups in total. The number of ether oxygens (including phenoxy) is 2. The monoisotopic (exact) mass is 471 g/mol. The zero-order chi connectivity index (χ0) is 24.0. The van der Waals surface area contributed by atoms with Crippen molar-refractivity contribution in [1.82, 2.24) is 9.91 Å². The third kappa shape index (κ3) is 6.12. The quantitative estimate of drug-likeness (QED) is 0.550. The van der Waals surface area contributed by atoms with Gasteiger partial charge in [-0.05, 0) is 29.8 Å². The van der Waals surface area contributed by atoms with Crippen molar-refractivity contribution >= 4 is 29.1 Å². The van der Waals surface area contributed by atoms with Gasteiger partial charge in [-0.2, -0.15) is 5.10 Å². The van der Waals surface area contributed by atoms with Crippen LogP contribution in [0.1, 0.15) is 37.4 Å². The lowest BCUT2D eigenvalue weighted by molar-refractivity contribution is -0.143. The number of benzene rings is 2. The molecule has 2 aromatic carbocycles. The van der Waals surface area contributed by atoms with Crippen molar-refractivity contribution in [2.75, 3.05) is 33.9 Å². The molecule has 8 heteroatoms. The van der Waals surface area contributed by atoms with E-state index in [4.69, 9.17) is 26.2 Å². The van der Waals surface area contributed by atoms with Gasteiger partial charge in [-0.25, -0.2) is 5.01 Å². The van der Waals surface area contributed by atoms with E-state index >= 15 is 0 Å². The first-order valence-electron chi connectivity index (χ1n) is 10.9. The molecule has 1 atom stereocenters. The van der Waals surface area contributed by atoms with Crippen LogP contribution in [0.2, 0.25) is 5.02 Å². The molecule has 0 aromatic heterocycles. The Morgan fingerprint density at radius 3 is 2.55 bits per heavy atom. The fourth-order valence-electron chi connectivity index (χ4n) is 3.73. The van der Waals surface area contributed by atoms with Gasteiger partial charge in [-0.1, -0.05) is 49.7 Å². The van der Waals surface area contributed by atoms with Crippen molar-refractivity contribution in [2.24, 2.45) is 11.0 Å². The lowest BCUT2D eigenvalue weighted by Gasteiger charge is -2.28. The molecule has 33 heavy (non-hydrogen) atoms. The number of carbonyl (C=O) groups excluding carboxylic acids is 2. The number of amides is 2. The summed E-state index contributed by atoms with van der Waals surface area (Å²) in [4.78, 5) is 27.6. The van der Waals surface area contributed by atoms with Gasteiger partial charge >= 0.3 is 0 Å². The molecule has 7 nitrogen and oxygen atoms in total. The second-order valence-corrected chi connectivity index (χ2v) is 8.63. The van der Waals surface area contributed by atoms with E-state index in [2.05, 4.69) is 0 Å². The Morgan fingerprint density at radius 1 is 1.18 bits per heavy atom. The third-order valence-electron chi connectivity index (χ3n) is 5.52. The van der Waals surface area contributed by atoms with Crippen LogP contribution in [0.5, 0.6) is 5.75 Å². The third-order valence-corrected chi connectivity index (χ3v) is 5.77. The van der Waals surface area contributed by atoms with Crippen LogP contribution >= 0.6 is 11.6 Å². The predicted molar refractivity (Wildman–Crippen MR) is 128 cm³/mol. The largest absolute Gasteiger partial charge is 0.497 e. The van der Waals surface area contributed by atoms with E-state index in [0.717, 1.165) is 22.6 Å². The summed E-state index contributed by atoms with van der Waals surface area (Å²) in [7, 11) is 3.18. The molecule has 1 aliphatic rings. The molecule has 0 fully saturated rings. The average Bonchev–Trinajstić information content (AvgIpc) is 3.27. The highest BCUT2D eigenvalue weighted by molar-refractivity contribution is 6.30. The zero-order valence-corrected chi connectivity index (χ0v) is 20.2. The van der Waals surface area contributed by atoms with Gasteiger partial charge in [0.2, 0.25) is 5.91 Å². The molecule has 2 amide bonds. The van der Waals surface area contributed by atoms with Crippen molar-refractivity contribution < 1.29 is 19.1 Å². The van der Waals surface area contributed by atoms with Gasteiger partial charge in [-0.3, -0.25) is 9.59 Å². The highest BCUT2D eigenvalue weighted by Gasteiger charge is 2.34. The summed E-state index contributed by atoms with van der Waals surface area (Å²) < 4.78 is 10.5. The molecule has 0 saturated heterocycles. The normalized spacial score (nSPS) is 15.5. The summed E-state index contributed by atoms with van der Waals surface area (Å²) in [5.74, 6) is 0.144. The van der Waals surface area contributed by atoms with Crippen LogP contribution in [0.4, 0.5) is 0 Å². The van der Waals surface area contributed by atoms with Gasteiger partial charge in [0.05, 0.1) is 25.5 Å². The van der Waals surface area contributed by atoms with Crippen LogP contribution in [0.25, 0.3) is 0 Å². The SMILES string of the molecule is COCCN(CC(=O)N1N=C(c2cccc(OC)c2)C[C@@H]1c1ccc(Cl)cc1)C(=O)C(C)C. The highest BCUT2D eigenvalue weighted by Crippen LogP contribution is 2.34. The average molecular weight is 472 g/mol. The maximum Gasteiger partial charge on any atom is 0.262 e. The van der Waals surface area contributed by atoms with Crippen LogP contribution in [0.15, 0.2) is 53.6 Å². The minimum atomic E-state index is -0.297. The lowest BCUT2D eigenvalue weighted by atomic mass is 9.98. The summed E-state index contributed by atoms with van der Waals surface area (Å²) in [6.45, 7) is 4.26. The Morgan fingerprint density at radius 2 is 1.91 bits per heavy atom. The molecule has 1 heterocycles. The minimum Gasteiger partial charge on any atom is -0.497 e. The summed E-state index contributed by atoms with van der Waals surface area (Å²) in [6, 6.07) is 14.7. The van der Waals surface area contributed by atoms with Gasteiger partial charge in [0, 0.05) is 36.6 Å². The van der Waals surface area contributed by atoms with Gasteiger partial charge < -0.3 is 14.4 Å². The Kier molecular flexibility index (Phi) is 8.47. The molecule has 176 valence electrons. The van der Waals surface area contributed by atoms with Crippen molar-refractivity contribution in [1.29, 1.82) is 0 Å². The first kappa shape index (κ1) is 24.7. The standard InChI is InChI=1S/C25H30ClN3O4/c1-17(2)25(31)28(12-13-32-3)16-24(30)29-23(18-8-10-20(26)11-9-18)15-22(27-29)19-6-5-7-21(14-19)33-4/h5-11,14,17,23H,12-13,15-16H2,1-4H3/t23-/m1/s1. The number of rotatable bonds is 9. The number of hydrazone groups is 1. The second kappa shape index (κ2) is 11.3. The Balaban J connectivity index is 1.91. The van der Waals surface area contributed by atoms with Crippen LogP contribution in [0.3, 0.4) is 0 Å². The molecule has 0 radical (unpaired) electrons. The van der Waals surface area contributed by atoms with Crippen molar-refractivity contribution in [3.05, 3.63) is 64.7 Å². The van der Waals surface area contributed by atoms with Crippen LogP contribution in [0, 0.1) is 5.92 Å². The Bertz CT molecular complexity index is 1010. The van der Waals surface area contributed by atoms with Crippen molar-refractivity contribution in [3.63, 3.8) is 0 Å². The van der Waals surface area contributed by atoms with Crippen LogP contribution < -0.4 is 4.74 Å². The fourth-order valence-corrected chi connectivity index (χ4v) is 3.86. The van der Waals surface area contributed by atoms with Crippen LogP contribution in [-0.2, 0) is 14.3 Å². The van der Waals surface area contributed by atoms with Gasteiger partial charge in [0.15, 0.2) is 0 Å². The van der Waals surface area contributed by atoms with Gasteiger partial charge in [0.25, 0.3) is 5.91 Å². The number of hydrogen-bond acceptors (Lipinski definition) is 5. The Hall–Kier alpha value is -2.90. The maximum atomic E-state index is 13.4. The topological polar surface area (TPSA) is 71.4 Å². The highest BCUT2D eigenvalue weighted by atomic mass is 35.5. The first-order valence-corrected chi connectivity index (χ1v) is 11.3. The summed E-state index contributed by atoms with van der Waals surface area (Å²) in [5, 5.41) is 6.81. The summed E-state index contributed by atoms with van der Waals surface area (Å²) in [6.07, 6.45) is 0.538. The summed E-state index contributed by atoms with van der Waals surface area (Å²) >= 11 is 6.08. The first-order chi connectivity index (χ1) is 15.8. The smallest absolute Gasteiger partial charge is 0.262 e. The number of halogens is 1. The van der Waals surface area contributed by atoms with E-state index in [1.165, 1.54) is 9.91 Å². The number of hydrogen-bond donors (Lipinski definition) is 0. The lowest BCUT2D eigenvalue weighted by Crippen LogP contribution is -2.44. The van der Waals surface area contributed by atoms with Crippen molar-refractivity contribution in [2.45, 2.75) is 26.3 Å². The number of nitrogens with zero attached hydrogens (tertiary/aromatic N) is 3. The molecule has 1 aliphatic heterocycles.